The molecule has 0 unspecified atom stereocenters. The molecule has 32 heavy (non-hydrogen) atoms. The normalized spacial score (nSPS) is 18.5. The molecule has 0 saturated carbocycles. The Bertz CT molecular complexity index is 1030. The molecule has 9 heteroatoms. The zero-order valence-electron chi connectivity index (χ0n) is 18.4. The summed E-state index contributed by atoms with van der Waals surface area (Å²) in [5.41, 5.74) is 2.35. The summed E-state index contributed by atoms with van der Waals surface area (Å²) in [6.45, 7) is 6.85. The molecule has 0 atom stereocenters. The fourth-order valence-corrected chi connectivity index (χ4v) is 5.75. The standard InChI is InChI=1S/C23H30N4O4S/c1-19-7-8-20(17-22(19)32(29,30)27-13-15-31-16-14-27)24-23(28)18-25-9-11-26(12-10-25)21-5-3-2-4-6-21/h2-8,17H,9-16,18H2,1H3,(H,24,28). The Balaban J connectivity index is 1.35. The van der Waals surface area contributed by atoms with Gasteiger partial charge in [-0.25, -0.2) is 8.42 Å². The van der Waals surface area contributed by atoms with E-state index in [-0.39, 0.29) is 17.3 Å². The summed E-state index contributed by atoms with van der Waals surface area (Å²) >= 11 is 0. The van der Waals surface area contributed by atoms with Crippen molar-refractivity contribution in [1.29, 1.82) is 0 Å². The maximum atomic E-state index is 13.1. The van der Waals surface area contributed by atoms with Crippen molar-refractivity contribution in [1.82, 2.24) is 9.21 Å². The second-order valence-corrected chi connectivity index (χ2v) is 10.1. The fraction of sp³-hybridized carbons (Fsp3) is 0.435. The smallest absolute Gasteiger partial charge is 0.243 e. The summed E-state index contributed by atoms with van der Waals surface area (Å²) in [6.07, 6.45) is 0. The van der Waals surface area contributed by atoms with Crippen LogP contribution in [0.1, 0.15) is 5.56 Å². The van der Waals surface area contributed by atoms with Crippen molar-refractivity contribution in [2.75, 3.05) is 69.2 Å². The minimum atomic E-state index is -3.62. The highest BCUT2D eigenvalue weighted by Crippen LogP contribution is 2.24. The monoisotopic (exact) mass is 458 g/mol. The molecule has 0 aliphatic carbocycles. The average Bonchev–Trinajstić information content (AvgIpc) is 2.82. The first kappa shape index (κ1) is 22.7. The minimum absolute atomic E-state index is 0.142. The van der Waals surface area contributed by atoms with E-state index in [2.05, 4.69) is 27.2 Å². The van der Waals surface area contributed by atoms with E-state index in [9.17, 15) is 13.2 Å². The number of ether oxygens (including phenoxy) is 1. The van der Waals surface area contributed by atoms with Crippen LogP contribution in [0.2, 0.25) is 0 Å². The summed E-state index contributed by atoms with van der Waals surface area (Å²) < 4.78 is 32.8. The lowest BCUT2D eigenvalue weighted by Gasteiger charge is -2.35. The zero-order valence-corrected chi connectivity index (χ0v) is 19.2. The number of benzene rings is 2. The molecule has 2 saturated heterocycles. The number of piperazine rings is 1. The Labute approximate surface area is 189 Å². The van der Waals surface area contributed by atoms with Gasteiger partial charge in [-0.2, -0.15) is 4.31 Å². The number of nitrogens with zero attached hydrogens (tertiary/aromatic N) is 3. The van der Waals surface area contributed by atoms with E-state index in [4.69, 9.17) is 4.74 Å². The fourth-order valence-electron chi connectivity index (χ4n) is 4.09. The van der Waals surface area contributed by atoms with Gasteiger partial charge in [-0.3, -0.25) is 9.69 Å². The Morgan fingerprint density at radius 3 is 2.34 bits per heavy atom. The van der Waals surface area contributed by atoms with Gasteiger partial charge in [-0.1, -0.05) is 24.3 Å². The predicted octanol–water partition coefficient (Wildman–Crippen LogP) is 1.78. The van der Waals surface area contributed by atoms with Crippen LogP contribution in [0, 0.1) is 6.92 Å². The number of hydrogen-bond acceptors (Lipinski definition) is 6. The van der Waals surface area contributed by atoms with Gasteiger partial charge in [0.15, 0.2) is 0 Å². The maximum absolute atomic E-state index is 13.1. The van der Waals surface area contributed by atoms with Crippen molar-refractivity contribution in [2.45, 2.75) is 11.8 Å². The van der Waals surface area contributed by atoms with Gasteiger partial charge >= 0.3 is 0 Å². The highest BCUT2D eigenvalue weighted by atomic mass is 32.2. The molecule has 4 rings (SSSR count). The molecule has 2 fully saturated rings. The number of hydrogen-bond donors (Lipinski definition) is 1. The second-order valence-electron chi connectivity index (χ2n) is 8.14. The van der Waals surface area contributed by atoms with Gasteiger partial charge in [-0.15, -0.1) is 0 Å². The number of carbonyl (C=O) groups excluding carboxylic acids is 1. The number of anilines is 2. The SMILES string of the molecule is Cc1ccc(NC(=O)CN2CCN(c3ccccc3)CC2)cc1S(=O)(=O)N1CCOCC1. The van der Waals surface area contributed by atoms with Crippen LogP contribution in [-0.2, 0) is 19.6 Å². The quantitative estimate of drug-likeness (QED) is 0.711. The van der Waals surface area contributed by atoms with Crippen LogP contribution in [0.5, 0.6) is 0 Å². The van der Waals surface area contributed by atoms with Crippen LogP contribution in [0.4, 0.5) is 11.4 Å². The van der Waals surface area contributed by atoms with Crippen LogP contribution in [0.25, 0.3) is 0 Å². The molecule has 2 aliphatic heterocycles. The number of nitrogens with one attached hydrogen (secondary N) is 1. The Hall–Kier alpha value is -2.46. The summed E-state index contributed by atoms with van der Waals surface area (Å²) in [5.74, 6) is -0.142. The first-order valence-corrected chi connectivity index (χ1v) is 12.4. The minimum Gasteiger partial charge on any atom is -0.379 e. The molecule has 8 nitrogen and oxygen atoms in total. The van der Waals surface area contributed by atoms with Crippen LogP contribution in [0.3, 0.4) is 0 Å². The van der Waals surface area contributed by atoms with E-state index in [1.165, 1.54) is 9.99 Å². The maximum Gasteiger partial charge on any atom is 0.243 e. The number of sulfonamides is 1. The van der Waals surface area contributed by atoms with Crippen LogP contribution < -0.4 is 10.2 Å². The molecular formula is C23H30N4O4S. The zero-order chi connectivity index (χ0) is 22.6. The van der Waals surface area contributed by atoms with Crippen molar-refractivity contribution in [3.63, 3.8) is 0 Å². The van der Waals surface area contributed by atoms with Crippen LogP contribution in [0.15, 0.2) is 53.4 Å². The van der Waals surface area contributed by atoms with Gasteiger partial charge in [0.25, 0.3) is 0 Å². The van der Waals surface area contributed by atoms with Crippen LogP contribution >= 0.6 is 0 Å². The molecule has 0 aromatic heterocycles. The topological polar surface area (TPSA) is 82.2 Å². The lowest BCUT2D eigenvalue weighted by molar-refractivity contribution is -0.117. The van der Waals surface area contributed by atoms with Crippen molar-refractivity contribution < 1.29 is 17.9 Å². The molecule has 0 bridgehead atoms. The van der Waals surface area contributed by atoms with Gasteiger partial charge in [0.1, 0.15) is 0 Å². The van der Waals surface area contributed by atoms with E-state index in [0.29, 0.717) is 37.6 Å². The molecule has 0 spiro atoms. The Kier molecular flexibility index (Phi) is 7.10. The van der Waals surface area contributed by atoms with Gasteiger partial charge < -0.3 is 15.0 Å². The molecule has 0 radical (unpaired) electrons. The number of amides is 1. The number of aryl methyl sites for hydroxylation is 1. The first-order chi connectivity index (χ1) is 15.4. The lowest BCUT2D eigenvalue weighted by atomic mass is 10.2. The van der Waals surface area contributed by atoms with E-state index < -0.39 is 10.0 Å². The third kappa shape index (κ3) is 5.29. The molecule has 172 valence electrons. The molecule has 2 aromatic carbocycles. The summed E-state index contributed by atoms with van der Waals surface area (Å²) in [4.78, 5) is 17.3. The Morgan fingerprint density at radius 2 is 1.66 bits per heavy atom. The largest absolute Gasteiger partial charge is 0.379 e. The van der Waals surface area contributed by atoms with Crippen molar-refractivity contribution >= 4 is 27.3 Å². The molecule has 1 N–H and O–H groups in total. The lowest BCUT2D eigenvalue weighted by Crippen LogP contribution is -2.48. The van der Waals surface area contributed by atoms with Crippen molar-refractivity contribution in [3.8, 4) is 0 Å². The third-order valence-corrected chi connectivity index (χ3v) is 7.96. The first-order valence-electron chi connectivity index (χ1n) is 10.9. The van der Waals surface area contributed by atoms with Crippen molar-refractivity contribution in [3.05, 3.63) is 54.1 Å². The van der Waals surface area contributed by atoms with Gasteiger partial charge in [0.05, 0.1) is 24.7 Å². The predicted molar refractivity (Wildman–Crippen MR) is 124 cm³/mol. The summed E-state index contributed by atoms with van der Waals surface area (Å²) in [6, 6.07) is 15.3. The van der Waals surface area contributed by atoms with E-state index in [1.54, 1.807) is 25.1 Å². The number of carbonyl (C=O) groups is 1. The van der Waals surface area contributed by atoms with Gasteiger partial charge in [0, 0.05) is 50.6 Å². The average molecular weight is 459 g/mol. The third-order valence-electron chi connectivity index (χ3n) is 5.92. The van der Waals surface area contributed by atoms with Gasteiger partial charge in [0.2, 0.25) is 15.9 Å². The molecule has 2 aromatic rings. The van der Waals surface area contributed by atoms with Gasteiger partial charge in [-0.05, 0) is 36.8 Å². The number of rotatable bonds is 6. The summed E-state index contributed by atoms with van der Waals surface area (Å²) in [7, 11) is -3.62. The van der Waals surface area contributed by atoms with E-state index >= 15 is 0 Å². The second kappa shape index (κ2) is 9.99. The van der Waals surface area contributed by atoms with Crippen LogP contribution in [-0.4, -0.2) is 82.6 Å². The number of morpholine rings is 1. The summed E-state index contributed by atoms with van der Waals surface area (Å²) in [5, 5.41) is 2.87. The number of para-hydroxylation sites is 1. The molecule has 1 amide bonds. The highest BCUT2D eigenvalue weighted by molar-refractivity contribution is 7.89. The highest BCUT2D eigenvalue weighted by Gasteiger charge is 2.28. The molecule has 2 heterocycles. The van der Waals surface area contributed by atoms with Crippen molar-refractivity contribution in [2.24, 2.45) is 0 Å². The van der Waals surface area contributed by atoms with E-state index in [1.807, 2.05) is 18.2 Å². The molecular weight excluding hydrogens is 428 g/mol. The molecule has 2 aliphatic rings. The Morgan fingerprint density at radius 1 is 0.969 bits per heavy atom. The van der Waals surface area contributed by atoms with E-state index in [0.717, 1.165) is 26.2 Å².